The average Bonchev–Trinajstić information content (AvgIpc) is 2.69. The number of nitrogens with zero attached hydrogens (tertiary/aromatic N) is 1. The third-order valence-electron chi connectivity index (χ3n) is 4.65. The van der Waals surface area contributed by atoms with E-state index in [0.29, 0.717) is 23.2 Å². The largest absolute Gasteiger partial charge is 0.351 e. The number of piperazine rings is 1. The van der Waals surface area contributed by atoms with Crippen LogP contribution in [0.15, 0.2) is 48.5 Å². The number of carbonyl (C=O) groups is 2. The van der Waals surface area contributed by atoms with Gasteiger partial charge in [-0.25, -0.2) is 0 Å². The van der Waals surface area contributed by atoms with Gasteiger partial charge in [-0.1, -0.05) is 48.0 Å². The summed E-state index contributed by atoms with van der Waals surface area (Å²) in [5, 5.41) is 6.26. The predicted octanol–water partition coefficient (Wildman–Crippen LogP) is 1.86. The van der Waals surface area contributed by atoms with Gasteiger partial charge in [0.15, 0.2) is 5.78 Å². The smallest absolute Gasteiger partial charge is 0.252 e. The maximum Gasteiger partial charge on any atom is 0.252 e. The second-order valence-corrected chi connectivity index (χ2v) is 6.59. The Kier molecular flexibility index (Phi) is 6.15. The van der Waals surface area contributed by atoms with Crippen LogP contribution >= 0.6 is 0 Å². The number of amides is 1. The molecule has 5 nitrogen and oxygen atoms in total. The summed E-state index contributed by atoms with van der Waals surface area (Å²) >= 11 is 0. The second-order valence-electron chi connectivity index (χ2n) is 6.59. The lowest BCUT2D eigenvalue weighted by Crippen LogP contribution is -2.46. The number of nitrogens with one attached hydrogen (secondary N) is 2. The number of rotatable bonds is 6. The van der Waals surface area contributed by atoms with Crippen molar-refractivity contribution in [3.63, 3.8) is 0 Å². The van der Waals surface area contributed by atoms with E-state index in [2.05, 4.69) is 15.5 Å². The first-order valence-electron chi connectivity index (χ1n) is 9.07. The maximum absolute atomic E-state index is 12.8. The topological polar surface area (TPSA) is 61.4 Å². The number of carbonyl (C=O) groups excluding carboxylic acids is 2. The highest BCUT2D eigenvalue weighted by Gasteiger charge is 2.18. The molecule has 1 fully saturated rings. The molecule has 26 heavy (non-hydrogen) atoms. The number of hydrogen-bond donors (Lipinski definition) is 2. The van der Waals surface area contributed by atoms with Gasteiger partial charge in [0.05, 0.1) is 5.56 Å². The zero-order valence-corrected chi connectivity index (χ0v) is 15.1. The summed E-state index contributed by atoms with van der Waals surface area (Å²) in [5.74, 6) is -0.325. The molecule has 1 amide bonds. The molecule has 0 spiro atoms. The van der Waals surface area contributed by atoms with E-state index in [0.717, 1.165) is 38.3 Å². The van der Waals surface area contributed by atoms with Crippen LogP contribution in [0.4, 0.5) is 0 Å². The summed E-state index contributed by atoms with van der Waals surface area (Å²) in [6, 6.07) is 14.4. The Morgan fingerprint density at radius 1 is 1.00 bits per heavy atom. The van der Waals surface area contributed by atoms with Crippen LogP contribution in [0.1, 0.15) is 31.8 Å². The Hall–Kier alpha value is -2.50. The number of aryl methyl sites for hydroxylation is 1. The van der Waals surface area contributed by atoms with Crippen LogP contribution in [-0.4, -0.2) is 55.9 Å². The van der Waals surface area contributed by atoms with Gasteiger partial charge in [0.2, 0.25) is 0 Å². The molecule has 0 radical (unpaired) electrons. The van der Waals surface area contributed by atoms with E-state index in [9.17, 15) is 9.59 Å². The molecule has 0 aromatic heterocycles. The van der Waals surface area contributed by atoms with Crippen molar-refractivity contribution in [3.05, 3.63) is 70.8 Å². The average molecular weight is 351 g/mol. The summed E-state index contributed by atoms with van der Waals surface area (Å²) in [6.45, 7) is 7.35. The Morgan fingerprint density at radius 2 is 1.65 bits per heavy atom. The quantitative estimate of drug-likeness (QED) is 0.780. The van der Waals surface area contributed by atoms with Crippen LogP contribution in [0.25, 0.3) is 0 Å². The van der Waals surface area contributed by atoms with E-state index in [-0.39, 0.29) is 11.7 Å². The fourth-order valence-corrected chi connectivity index (χ4v) is 3.10. The van der Waals surface area contributed by atoms with E-state index >= 15 is 0 Å². The van der Waals surface area contributed by atoms with Crippen LogP contribution in [0.2, 0.25) is 0 Å². The van der Waals surface area contributed by atoms with Gasteiger partial charge in [0.25, 0.3) is 5.91 Å². The fourth-order valence-electron chi connectivity index (χ4n) is 3.10. The summed E-state index contributed by atoms with van der Waals surface area (Å²) in [6.07, 6.45) is 0. The molecule has 0 bridgehead atoms. The second kappa shape index (κ2) is 8.74. The molecule has 2 aromatic rings. The van der Waals surface area contributed by atoms with Crippen LogP contribution < -0.4 is 10.6 Å². The lowest BCUT2D eigenvalue weighted by Gasteiger charge is -2.27. The Balaban J connectivity index is 1.66. The van der Waals surface area contributed by atoms with E-state index < -0.39 is 0 Å². The van der Waals surface area contributed by atoms with Gasteiger partial charge in [-0.05, 0) is 13.0 Å². The van der Waals surface area contributed by atoms with Crippen molar-refractivity contribution in [1.29, 1.82) is 0 Å². The zero-order chi connectivity index (χ0) is 18.4. The molecular weight excluding hydrogens is 326 g/mol. The Labute approximate surface area is 154 Å². The molecule has 1 saturated heterocycles. The Morgan fingerprint density at radius 3 is 2.35 bits per heavy atom. The number of benzene rings is 2. The molecule has 0 saturated carbocycles. The highest BCUT2D eigenvalue weighted by atomic mass is 16.2. The van der Waals surface area contributed by atoms with E-state index in [1.807, 2.05) is 19.1 Å². The van der Waals surface area contributed by atoms with Gasteiger partial charge in [-0.15, -0.1) is 0 Å². The van der Waals surface area contributed by atoms with Crippen LogP contribution in [0, 0.1) is 6.92 Å². The minimum absolute atomic E-state index is 0.127. The molecule has 1 aliphatic rings. The number of hydrogen-bond acceptors (Lipinski definition) is 4. The van der Waals surface area contributed by atoms with Crippen LogP contribution in [0.3, 0.4) is 0 Å². The van der Waals surface area contributed by atoms with Crippen molar-refractivity contribution in [1.82, 2.24) is 15.5 Å². The van der Waals surface area contributed by atoms with Crippen molar-refractivity contribution in [3.8, 4) is 0 Å². The first-order chi connectivity index (χ1) is 12.6. The lowest BCUT2D eigenvalue weighted by atomic mass is 9.97. The third-order valence-corrected chi connectivity index (χ3v) is 4.65. The normalized spacial score (nSPS) is 14.8. The third kappa shape index (κ3) is 4.56. The molecule has 0 aliphatic carbocycles. The van der Waals surface area contributed by atoms with Gasteiger partial charge in [0, 0.05) is 50.4 Å². The predicted molar refractivity (Wildman–Crippen MR) is 103 cm³/mol. The van der Waals surface area contributed by atoms with Gasteiger partial charge in [-0.2, -0.15) is 0 Å². The van der Waals surface area contributed by atoms with Crippen LogP contribution in [-0.2, 0) is 0 Å². The first kappa shape index (κ1) is 18.3. The van der Waals surface area contributed by atoms with Gasteiger partial charge >= 0.3 is 0 Å². The molecule has 0 unspecified atom stereocenters. The molecule has 0 atom stereocenters. The minimum atomic E-state index is -0.198. The summed E-state index contributed by atoms with van der Waals surface area (Å²) < 4.78 is 0. The minimum Gasteiger partial charge on any atom is -0.351 e. The highest BCUT2D eigenvalue weighted by Crippen LogP contribution is 2.15. The lowest BCUT2D eigenvalue weighted by molar-refractivity contribution is 0.0936. The molecule has 1 aliphatic heterocycles. The SMILES string of the molecule is Cc1ccc(C(=O)c2ccccc2C(=O)NCCN2CCNCC2)cc1. The fraction of sp³-hybridized carbons (Fsp3) is 0.333. The summed E-state index contributed by atoms with van der Waals surface area (Å²) in [5.41, 5.74) is 2.56. The highest BCUT2D eigenvalue weighted by molar-refractivity contribution is 6.15. The van der Waals surface area contributed by atoms with E-state index in [1.54, 1.807) is 36.4 Å². The van der Waals surface area contributed by atoms with Crippen molar-refractivity contribution < 1.29 is 9.59 Å². The standard InChI is InChI=1S/C21H25N3O2/c1-16-6-8-17(9-7-16)20(25)18-4-2-3-5-19(18)21(26)23-12-15-24-13-10-22-11-14-24/h2-9,22H,10-15H2,1H3,(H,23,26). The molecular formula is C21H25N3O2. The molecule has 2 N–H and O–H groups in total. The van der Waals surface area contributed by atoms with Crippen molar-refractivity contribution >= 4 is 11.7 Å². The molecule has 3 rings (SSSR count). The number of ketones is 1. The molecule has 1 heterocycles. The summed E-state index contributed by atoms with van der Waals surface area (Å²) in [4.78, 5) is 27.7. The van der Waals surface area contributed by atoms with E-state index in [1.165, 1.54) is 0 Å². The van der Waals surface area contributed by atoms with Gasteiger partial charge in [0.1, 0.15) is 0 Å². The van der Waals surface area contributed by atoms with Crippen molar-refractivity contribution in [2.45, 2.75) is 6.92 Å². The van der Waals surface area contributed by atoms with Gasteiger partial charge < -0.3 is 10.6 Å². The monoisotopic (exact) mass is 351 g/mol. The Bertz CT molecular complexity index is 765. The zero-order valence-electron chi connectivity index (χ0n) is 15.1. The van der Waals surface area contributed by atoms with Crippen LogP contribution in [0.5, 0.6) is 0 Å². The summed E-state index contributed by atoms with van der Waals surface area (Å²) in [7, 11) is 0. The molecule has 136 valence electrons. The van der Waals surface area contributed by atoms with Crippen molar-refractivity contribution in [2.75, 3.05) is 39.3 Å². The molecule has 2 aromatic carbocycles. The van der Waals surface area contributed by atoms with E-state index in [4.69, 9.17) is 0 Å². The first-order valence-corrected chi connectivity index (χ1v) is 9.07. The van der Waals surface area contributed by atoms with Crippen molar-refractivity contribution in [2.24, 2.45) is 0 Å². The van der Waals surface area contributed by atoms with Gasteiger partial charge in [-0.3, -0.25) is 14.5 Å². The molecule has 5 heteroatoms. The maximum atomic E-state index is 12.8.